The summed E-state index contributed by atoms with van der Waals surface area (Å²) >= 11 is 0. The summed E-state index contributed by atoms with van der Waals surface area (Å²) in [4.78, 5) is 17.1. The number of nitrogens with zero attached hydrogens (tertiary/aromatic N) is 3. The number of aryl methyl sites for hydroxylation is 2. The van der Waals surface area contributed by atoms with Gasteiger partial charge in [0.2, 0.25) is 0 Å². The van der Waals surface area contributed by atoms with Gasteiger partial charge in [0.1, 0.15) is 17.5 Å². The number of phenols is 1. The zero-order chi connectivity index (χ0) is 18.7. The predicted octanol–water partition coefficient (Wildman–Crippen LogP) is 3.18. The van der Waals surface area contributed by atoms with Crippen LogP contribution in [0.25, 0.3) is 11.4 Å². The molecule has 0 aliphatic rings. The molecule has 3 rings (SSSR count). The van der Waals surface area contributed by atoms with E-state index in [0.717, 1.165) is 11.6 Å². The third-order valence-corrected chi connectivity index (χ3v) is 4.16. The molecule has 0 aliphatic heterocycles. The van der Waals surface area contributed by atoms with Crippen LogP contribution < -0.4 is 5.56 Å². The minimum atomic E-state index is -0.798. The highest BCUT2D eigenvalue weighted by atomic mass is 19.1. The van der Waals surface area contributed by atoms with Crippen molar-refractivity contribution in [3.8, 4) is 23.2 Å². The minimum absolute atomic E-state index is 0.0577. The van der Waals surface area contributed by atoms with E-state index in [1.807, 2.05) is 36.4 Å². The molecule has 0 unspecified atom stereocenters. The van der Waals surface area contributed by atoms with Crippen LogP contribution in [0.2, 0.25) is 0 Å². The molecule has 1 heterocycles. The molecular formula is C20H16FN3O2. The van der Waals surface area contributed by atoms with E-state index in [2.05, 4.69) is 4.98 Å². The molecule has 0 atom stereocenters. The highest BCUT2D eigenvalue weighted by molar-refractivity contribution is 5.65. The number of aromatic nitrogens is 2. The van der Waals surface area contributed by atoms with Crippen LogP contribution in [-0.2, 0) is 13.0 Å². The van der Waals surface area contributed by atoms with Crippen LogP contribution in [-0.4, -0.2) is 14.7 Å². The van der Waals surface area contributed by atoms with Crippen molar-refractivity contribution >= 4 is 0 Å². The van der Waals surface area contributed by atoms with Gasteiger partial charge < -0.3 is 5.11 Å². The Hall–Kier alpha value is -3.46. The average molecular weight is 349 g/mol. The van der Waals surface area contributed by atoms with Crippen LogP contribution in [0.3, 0.4) is 0 Å². The zero-order valence-corrected chi connectivity index (χ0v) is 14.1. The van der Waals surface area contributed by atoms with Gasteiger partial charge in [-0.1, -0.05) is 36.4 Å². The monoisotopic (exact) mass is 349 g/mol. The Balaban J connectivity index is 2.16. The molecule has 0 aliphatic carbocycles. The van der Waals surface area contributed by atoms with E-state index in [0.29, 0.717) is 6.42 Å². The van der Waals surface area contributed by atoms with Crippen molar-refractivity contribution in [2.24, 2.45) is 0 Å². The summed E-state index contributed by atoms with van der Waals surface area (Å²) in [6, 6.07) is 15.5. The molecule has 0 radical (unpaired) electrons. The van der Waals surface area contributed by atoms with Gasteiger partial charge in [-0.15, -0.1) is 0 Å². The molecule has 0 spiro atoms. The molecule has 130 valence electrons. The maximum atomic E-state index is 13.8. The van der Waals surface area contributed by atoms with Gasteiger partial charge in [-0.05, 0) is 31.0 Å². The van der Waals surface area contributed by atoms with Crippen LogP contribution in [0.1, 0.15) is 16.8 Å². The Morgan fingerprint density at radius 2 is 1.92 bits per heavy atom. The lowest BCUT2D eigenvalue weighted by molar-refractivity contribution is 0.433. The van der Waals surface area contributed by atoms with Gasteiger partial charge in [0.25, 0.3) is 5.56 Å². The molecule has 3 aromatic rings. The first-order valence-corrected chi connectivity index (χ1v) is 8.06. The number of rotatable bonds is 4. The van der Waals surface area contributed by atoms with Crippen molar-refractivity contribution in [2.75, 3.05) is 0 Å². The van der Waals surface area contributed by atoms with Crippen LogP contribution in [0, 0.1) is 24.1 Å². The Kier molecular flexibility index (Phi) is 4.81. The smallest absolute Gasteiger partial charge is 0.271 e. The lowest BCUT2D eigenvalue weighted by atomic mass is 10.1. The number of para-hydroxylation sites is 1. The van der Waals surface area contributed by atoms with Crippen molar-refractivity contribution in [2.45, 2.75) is 19.9 Å². The number of hydrogen-bond donors (Lipinski definition) is 1. The fourth-order valence-corrected chi connectivity index (χ4v) is 2.78. The normalized spacial score (nSPS) is 10.5. The summed E-state index contributed by atoms with van der Waals surface area (Å²) in [7, 11) is 0. The predicted molar refractivity (Wildman–Crippen MR) is 95.2 cm³/mol. The lowest BCUT2D eigenvalue weighted by Crippen LogP contribution is -2.27. The molecular weight excluding hydrogens is 333 g/mol. The van der Waals surface area contributed by atoms with Crippen molar-refractivity contribution in [1.82, 2.24) is 9.55 Å². The van der Waals surface area contributed by atoms with Crippen molar-refractivity contribution in [1.29, 1.82) is 5.26 Å². The number of nitriles is 1. The molecule has 2 aromatic carbocycles. The average Bonchev–Trinajstić information content (AvgIpc) is 2.64. The molecule has 0 amide bonds. The maximum absolute atomic E-state index is 13.8. The van der Waals surface area contributed by atoms with E-state index in [1.165, 1.54) is 16.7 Å². The third kappa shape index (κ3) is 3.20. The van der Waals surface area contributed by atoms with Gasteiger partial charge in [0.15, 0.2) is 11.6 Å². The lowest BCUT2D eigenvalue weighted by Gasteiger charge is -2.15. The highest BCUT2D eigenvalue weighted by Crippen LogP contribution is 2.30. The van der Waals surface area contributed by atoms with Crippen LogP contribution >= 0.6 is 0 Å². The van der Waals surface area contributed by atoms with Crippen molar-refractivity contribution < 1.29 is 9.50 Å². The second-order valence-electron chi connectivity index (χ2n) is 5.84. The van der Waals surface area contributed by atoms with E-state index in [1.54, 1.807) is 6.92 Å². The molecule has 5 nitrogen and oxygen atoms in total. The van der Waals surface area contributed by atoms with Crippen LogP contribution in [0.15, 0.2) is 53.3 Å². The van der Waals surface area contributed by atoms with E-state index in [4.69, 9.17) is 0 Å². The summed E-state index contributed by atoms with van der Waals surface area (Å²) in [6.45, 7) is 1.79. The summed E-state index contributed by atoms with van der Waals surface area (Å²) in [5.41, 5.74) is 0.801. The second kappa shape index (κ2) is 7.19. The topological polar surface area (TPSA) is 78.9 Å². The minimum Gasteiger partial charge on any atom is -0.504 e. The number of aromatic hydroxyl groups is 1. The largest absolute Gasteiger partial charge is 0.504 e. The summed E-state index contributed by atoms with van der Waals surface area (Å²) < 4.78 is 15.1. The third-order valence-electron chi connectivity index (χ3n) is 4.16. The number of benzene rings is 2. The van der Waals surface area contributed by atoms with Gasteiger partial charge in [0.05, 0.1) is 11.3 Å². The van der Waals surface area contributed by atoms with Gasteiger partial charge in [-0.25, -0.2) is 9.37 Å². The van der Waals surface area contributed by atoms with Crippen molar-refractivity contribution in [3.63, 3.8) is 0 Å². The summed E-state index contributed by atoms with van der Waals surface area (Å²) in [6.07, 6.45) is 0.527. The van der Waals surface area contributed by atoms with Crippen LogP contribution in [0.4, 0.5) is 4.39 Å². The molecule has 1 N–H and O–H groups in total. The van der Waals surface area contributed by atoms with E-state index in [-0.39, 0.29) is 29.2 Å². The summed E-state index contributed by atoms with van der Waals surface area (Å²) in [5.74, 6) is -1.23. The van der Waals surface area contributed by atoms with Gasteiger partial charge in [-0.2, -0.15) is 5.26 Å². The molecule has 6 heteroatoms. The second-order valence-corrected chi connectivity index (χ2v) is 5.84. The van der Waals surface area contributed by atoms with Gasteiger partial charge >= 0.3 is 0 Å². The Morgan fingerprint density at radius 3 is 2.62 bits per heavy atom. The first kappa shape index (κ1) is 17.4. The maximum Gasteiger partial charge on any atom is 0.271 e. The van der Waals surface area contributed by atoms with E-state index >= 15 is 0 Å². The fraction of sp³-hybridized carbons (Fsp3) is 0.150. The zero-order valence-electron chi connectivity index (χ0n) is 14.1. The first-order valence-electron chi connectivity index (χ1n) is 8.06. The molecule has 0 fully saturated rings. The highest BCUT2D eigenvalue weighted by Gasteiger charge is 2.19. The molecule has 26 heavy (non-hydrogen) atoms. The van der Waals surface area contributed by atoms with Gasteiger partial charge in [-0.3, -0.25) is 9.36 Å². The molecule has 1 aromatic heterocycles. The quantitative estimate of drug-likeness (QED) is 0.785. The van der Waals surface area contributed by atoms with E-state index < -0.39 is 17.1 Å². The SMILES string of the molecule is Cc1nc(-c2cccc(F)c2O)n(CCc2ccccc2)c(=O)c1C#N. The molecule has 0 bridgehead atoms. The van der Waals surface area contributed by atoms with Crippen LogP contribution in [0.5, 0.6) is 5.75 Å². The van der Waals surface area contributed by atoms with Crippen molar-refractivity contribution in [3.05, 3.63) is 81.5 Å². The number of halogens is 1. The van der Waals surface area contributed by atoms with E-state index in [9.17, 15) is 19.6 Å². The molecule has 0 saturated heterocycles. The summed E-state index contributed by atoms with van der Waals surface area (Å²) in [5, 5.41) is 19.3. The Labute approximate surface area is 149 Å². The number of phenolic OH excluding ortho intramolecular Hbond substituents is 1. The Morgan fingerprint density at radius 1 is 1.19 bits per heavy atom. The molecule has 0 saturated carbocycles. The standard InChI is InChI=1S/C20H16FN3O2/c1-13-16(12-22)20(26)24(11-10-14-6-3-2-4-7-14)19(23-13)15-8-5-9-17(21)18(15)25/h2-9,25H,10-11H2,1H3. The van der Waals surface area contributed by atoms with Gasteiger partial charge in [0, 0.05) is 6.54 Å². The fourth-order valence-electron chi connectivity index (χ4n) is 2.78. The Bertz CT molecular complexity index is 1050. The number of hydrogen-bond acceptors (Lipinski definition) is 4. The first-order chi connectivity index (χ1) is 12.5.